The second kappa shape index (κ2) is 4.90. The summed E-state index contributed by atoms with van der Waals surface area (Å²) in [6.45, 7) is 0. The Bertz CT molecular complexity index is 751. The van der Waals surface area contributed by atoms with E-state index in [2.05, 4.69) is 15.3 Å². The zero-order chi connectivity index (χ0) is 14.2. The lowest BCUT2D eigenvalue weighted by molar-refractivity contribution is 0.0938. The molecule has 2 heterocycles. The lowest BCUT2D eigenvalue weighted by atomic mass is 10.1. The van der Waals surface area contributed by atoms with Gasteiger partial charge in [-0.1, -0.05) is 0 Å². The van der Waals surface area contributed by atoms with Crippen LogP contribution in [-0.2, 0) is 9.84 Å². The number of benzene rings is 1. The van der Waals surface area contributed by atoms with E-state index >= 15 is 0 Å². The fourth-order valence-electron chi connectivity index (χ4n) is 2.48. The summed E-state index contributed by atoms with van der Waals surface area (Å²) in [7, 11) is -3.02. The topological polar surface area (TPSA) is 91.9 Å². The standard InChI is InChI=1S/C13H15N3O3S/c17-13(16-10-2-1-5-20(18,19)7-10)9-3-4-11-12(6-9)15-8-14-11/h3-4,6,8,10H,1-2,5,7H2,(H,14,15)(H,16,17). The quantitative estimate of drug-likeness (QED) is 0.859. The highest BCUT2D eigenvalue weighted by Crippen LogP contribution is 2.15. The number of nitrogens with one attached hydrogen (secondary N) is 2. The van der Waals surface area contributed by atoms with E-state index in [4.69, 9.17) is 0 Å². The molecular formula is C13H15N3O3S. The number of amides is 1. The van der Waals surface area contributed by atoms with Crippen LogP contribution in [0.4, 0.5) is 0 Å². The molecule has 106 valence electrons. The molecule has 2 N–H and O–H groups in total. The molecule has 2 aromatic rings. The highest BCUT2D eigenvalue weighted by Gasteiger charge is 2.26. The van der Waals surface area contributed by atoms with Gasteiger partial charge in [0.1, 0.15) is 0 Å². The van der Waals surface area contributed by atoms with E-state index in [-0.39, 0.29) is 23.5 Å². The van der Waals surface area contributed by atoms with Gasteiger partial charge in [0.15, 0.2) is 9.84 Å². The molecule has 1 amide bonds. The van der Waals surface area contributed by atoms with Crippen LogP contribution in [0.3, 0.4) is 0 Å². The highest BCUT2D eigenvalue weighted by molar-refractivity contribution is 7.91. The minimum absolute atomic E-state index is 0.0328. The summed E-state index contributed by atoms with van der Waals surface area (Å²) >= 11 is 0. The number of rotatable bonds is 2. The lowest BCUT2D eigenvalue weighted by Crippen LogP contribution is -2.43. The van der Waals surface area contributed by atoms with Crippen LogP contribution in [0.2, 0.25) is 0 Å². The number of aromatic amines is 1. The Hall–Kier alpha value is -1.89. The number of hydrogen-bond donors (Lipinski definition) is 2. The van der Waals surface area contributed by atoms with E-state index in [0.29, 0.717) is 18.4 Å². The van der Waals surface area contributed by atoms with Crippen LogP contribution in [-0.4, -0.2) is 41.8 Å². The molecular weight excluding hydrogens is 278 g/mol. The Morgan fingerprint density at radius 2 is 2.25 bits per heavy atom. The molecule has 0 bridgehead atoms. The molecule has 0 aliphatic carbocycles. The number of carbonyl (C=O) groups is 1. The predicted molar refractivity (Wildman–Crippen MR) is 75.2 cm³/mol. The van der Waals surface area contributed by atoms with E-state index < -0.39 is 9.84 Å². The normalized spacial score (nSPS) is 21.7. The Morgan fingerprint density at radius 3 is 3.05 bits per heavy atom. The minimum atomic E-state index is -3.02. The molecule has 1 saturated heterocycles. The van der Waals surface area contributed by atoms with Crippen molar-refractivity contribution in [2.75, 3.05) is 11.5 Å². The number of carbonyl (C=O) groups excluding carboxylic acids is 1. The summed E-state index contributed by atoms with van der Waals surface area (Å²) in [5.41, 5.74) is 2.08. The van der Waals surface area contributed by atoms with E-state index in [0.717, 1.165) is 11.0 Å². The van der Waals surface area contributed by atoms with Crippen LogP contribution in [0.1, 0.15) is 23.2 Å². The third-order valence-corrected chi connectivity index (χ3v) is 5.30. The Balaban J connectivity index is 1.75. The molecule has 20 heavy (non-hydrogen) atoms. The van der Waals surface area contributed by atoms with Crippen LogP contribution in [0.25, 0.3) is 11.0 Å². The van der Waals surface area contributed by atoms with E-state index in [1.807, 2.05) is 0 Å². The van der Waals surface area contributed by atoms with Crippen LogP contribution >= 0.6 is 0 Å². The molecule has 6 nitrogen and oxygen atoms in total. The van der Waals surface area contributed by atoms with E-state index in [1.165, 1.54) is 0 Å². The van der Waals surface area contributed by atoms with Gasteiger partial charge in [-0.2, -0.15) is 0 Å². The number of H-pyrrole nitrogens is 1. The number of hydrogen-bond acceptors (Lipinski definition) is 4. The average molecular weight is 293 g/mol. The predicted octanol–water partition coefficient (Wildman–Crippen LogP) is 0.870. The number of aromatic nitrogens is 2. The summed E-state index contributed by atoms with van der Waals surface area (Å²) in [6.07, 6.45) is 2.88. The Labute approximate surface area is 116 Å². The van der Waals surface area contributed by atoms with Crippen molar-refractivity contribution >= 4 is 26.8 Å². The fraction of sp³-hybridized carbons (Fsp3) is 0.385. The van der Waals surface area contributed by atoms with Crippen molar-refractivity contribution in [2.45, 2.75) is 18.9 Å². The van der Waals surface area contributed by atoms with Gasteiger partial charge in [0.25, 0.3) is 5.91 Å². The van der Waals surface area contributed by atoms with Gasteiger partial charge >= 0.3 is 0 Å². The monoisotopic (exact) mass is 293 g/mol. The second-order valence-corrected chi connectivity index (χ2v) is 7.29. The second-order valence-electron chi connectivity index (χ2n) is 5.06. The van der Waals surface area contributed by atoms with Crippen molar-refractivity contribution in [1.29, 1.82) is 0 Å². The highest BCUT2D eigenvalue weighted by atomic mass is 32.2. The van der Waals surface area contributed by atoms with Gasteiger partial charge in [-0.05, 0) is 31.0 Å². The first-order chi connectivity index (χ1) is 9.53. The van der Waals surface area contributed by atoms with Crippen molar-refractivity contribution < 1.29 is 13.2 Å². The summed E-state index contributed by atoms with van der Waals surface area (Å²) in [4.78, 5) is 19.2. The van der Waals surface area contributed by atoms with Crippen molar-refractivity contribution in [3.8, 4) is 0 Å². The first kappa shape index (κ1) is 13.1. The molecule has 1 fully saturated rings. The van der Waals surface area contributed by atoms with E-state index in [1.54, 1.807) is 24.5 Å². The van der Waals surface area contributed by atoms with Crippen LogP contribution in [0.15, 0.2) is 24.5 Å². The molecule has 0 saturated carbocycles. The van der Waals surface area contributed by atoms with Crippen LogP contribution in [0.5, 0.6) is 0 Å². The molecule has 1 atom stereocenters. The minimum Gasteiger partial charge on any atom is -0.348 e. The Morgan fingerprint density at radius 1 is 1.40 bits per heavy atom. The average Bonchev–Trinajstić information content (AvgIpc) is 2.84. The van der Waals surface area contributed by atoms with Crippen molar-refractivity contribution in [3.05, 3.63) is 30.1 Å². The maximum absolute atomic E-state index is 12.1. The molecule has 0 spiro atoms. The summed E-state index contributed by atoms with van der Waals surface area (Å²) in [5, 5.41) is 2.80. The molecule has 7 heteroatoms. The third kappa shape index (κ3) is 2.67. The van der Waals surface area contributed by atoms with Gasteiger partial charge in [-0.15, -0.1) is 0 Å². The Kier molecular flexibility index (Phi) is 3.21. The fourth-order valence-corrected chi connectivity index (χ4v) is 4.12. The number of nitrogens with zero attached hydrogens (tertiary/aromatic N) is 1. The molecule has 1 aromatic heterocycles. The third-order valence-electron chi connectivity index (χ3n) is 3.48. The number of sulfone groups is 1. The summed E-state index contributed by atoms with van der Waals surface area (Å²) in [6, 6.07) is 4.88. The van der Waals surface area contributed by atoms with Gasteiger partial charge in [0.05, 0.1) is 28.9 Å². The first-order valence-electron chi connectivity index (χ1n) is 6.48. The maximum Gasteiger partial charge on any atom is 0.251 e. The largest absolute Gasteiger partial charge is 0.348 e. The molecule has 0 radical (unpaired) electrons. The van der Waals surface area contributed by atoms with Crippen molar-refractivity contribution in [3.63, 3.8) is 0 Å². The molecule has 1 aliphatic heterocycles. The molecule has 1 unspecified atom stereocenters. The first-order valence-corrected chi connectivity index (χ1v) is 8.30. The van der Waals surface area contributed by atoms with Gasteiger partial charge in [0, 0.05) is 11.6 Å². The zero-order valence-electron chi connectivity index (χ0n) is 10.8. The van der Waals surface area contributed by atoms with Gasteiger partial charge in [-0.3, -0.25) is 4.79 Å². The number of imidazole rings is 1. The van der Waals surface area contributed by atoms with Crippen molar-refractivity contribution in [1.82, 2.24) is 15.3 Å². The smallest absolute Gasteiger partial charge is 0.251 e. The summed E-state index contributed by atoms with van der Waals surface area (Å²) in [5.74, 6) is 0.00781. The SMILES string of the molecule is O=C(NC1CCCS(=O)(=O)C1)c1ccc2nc[nH]c2c1. The van der Waals surface area contributed by atoms with Gasteiger partial charge < -0.3 is 10.3 Å². The van der Waals surface area contributed by atoms with Gasteiger partial charge in [-0.25, -0.2) is 13.4 Å². The van der Waals surface area contributed by atoms with Crippen LogP contribution < -0.4 is 5.32 Å². The maximum atomic E-state index is 12.1. The van der Waals surface area contributed by atoms with E-state index in [9.17, 15) is 13.2 Å². The van der Waals surface area contributed by atoms with Crippen LogP contribution in [0, 0.1) is 0 Å². The number of fused-ring (bicyclic) bond motifs is 1. The van der Waals surface area contributed by atoms with Gasteiger partial charge in [0.2, 0.25) is 0 Å². The molecule has 1 aromatic carbocycles. The zero-order valence-corrected chi connectivity index (χ0v) is 11.6. The van der Waals surface area contributed by atoms with Crippen molar-refractivity contribution in [2.24, 2.45) is 0 Å². The molecule has 3 rings (SSSR count). The molecule has 1 aliphatic rings. The summed E-state index contributed by atoms with van der Waals surface area (Å²) < 4.78 is 23.1. The lowest BCUT2D eigenvalue weighted by Gasteiger charge is -2.23.